The van der Waals surface area contributed by atoms with Gasteiger partial charge in [-0.15, -0.1) is 22.7 Å². The Morgan fingerprint density at radius 1 is 1.12 bits per heavy atom. The minimum Gasteiger partial charge on any atom is -0.293 e. The lowest BCUT2D eigenvalue weighted by molar-refractivity contribution is -0.139. The van der Waals surface area contributed by atoms with Gasteiger partial charge in [-0.2, -0.15) is 13.2 Å². The highest BCUT2D eigenvalue weighted by Crippen LogP contribution is 2.39. The molecular weight excluding hydrogens is 353 g/mol. The third-order valence-electron chi connectivity index (χ3n) is 3.84. The van der Waals surface area contributed by atoms with E-state index in [1.165, 1.54) is 22.7 Å². The van der Waals surface area contributed by atoms with E-state index in [2.05, 4.69) is 0 Å². The lowest BCUT2D eigenvalue weighted by Gasteiger charge is -2.17. The van der Waals surface area contributed by atoms with Crippen molar-refractivity contribution in [2.45, 2.75) is 31.4 Å². The second kappa shape index (κ2) is 7.07. The summed E-state index contributed by atoms with van der Waals surface area (Å²) in [6, 6.07) is 12.9. The Morgan fingerprint density at radius 2 is 1.92 bits per heavy atom. The number of hydrogen-bond donors (Lipinski definition) is 0. The Labute approximate surface area is 145 Å². The lowest BCUT2D eigenvalue weighted by atomic mass is 9.95. The maximum Gasteiger partial charge on any atom is 0.389 e. The van der Waals surface area contributed by atoms with E-state index in [1.54, 1.807) is 17.5 Å². The molecule has 1 atom stereocenters. The summed E-state index contributed by atoms with van der Waals surface area (Å²) in [7, 11) is 0. The van der Waals surface area contributed by atoms with Crippen LogP contribution in [0.4, 0.5) is 13.2 Å². The molecule has 0 saturated heterocycles. The van der Waals surface area contributed by atoms with Crippen molar-refractivity contribution in [1.82, 2.24) is 0 Å². The summed E-state index contributed by atoms with van der Waals surface area (Å²) in [5.74, 6) is -0.760. The Morgan fingerprint density at radius 3 is 2.58 bits per heavy atom. The molecule has 0 N–H and O–H groups in total. The van der Waals surface area contributed by atoms with E-state index in [9.17, 15) is 18.0 Å². The highest BCUT2D eigenvalue weighted by molar-refractivity contribution is 7.19. The van der Waals surface area contributed by atoms with Crippen LogP contribution >= 0.6 is 22.7 Å². The van der Waals surface area contributed by atoms with Crippen molar-refractivity contribution in [1.29, 1.82) is 0 Å². The Kier molecular flexibility index (Phi) is 5.06. The second-order valence-electron chi connectivity index (χ2n) is 5.64. The Bertz CT molecular complexity index is 785. The molecule has 24 heavy (non-hydrogen) atoms. The van der Waals surface area contributed by atoms with E-state index in [4.69, 9.17) is 0 Å². The van der Waals surface area contributed by atoms with Crippen LogP contribution in [0.1, 0.15) is 39.7 Å². The molecule has 0 aliphatic heterocycles. The van der Waals surface area contributed by atoms with Crippen molar-refractivity contribution in [3.8, 4) is 0 Å². The van der Waals surface area contributed by atoms with E-state index in [-0.39, 0.29) is 18.6 Å². The molecule has 1 nitrogen and oxygen atoms in total. The predicted octanol–water partition coefficient (Wildman–Crippen LogP) is 6.66. The van der Waals surface area contributed by atoms with Crippen LogP contribution in [0.3, 0.4) is 0 Å². The number of carbonyl (C=O) groups is 1. The van der Waals surface area contributed by atoms with E-state index in [0.29, 0.717) is 9.75 Å². The van der Waals surface area contributed by atoms with Gasteiger partial charge in [0.15, 0.2) is 5.78 Å². The van der Waals surface area contributed by atoms with Crippen molar-refractivity contribution >= 4 is 38.5 Å². The standard InChI is InChI=1S/C18H15F3OS2/c19-18(20,21)11-13(7-8-14(22)16-6-3-9-23-16)17-10-12-4-1-2-5-15(12)24-17/h1-6,9-10,13H,7-8,11H2. The van der Waals surface area contributed by atoms with Crippen LogP contribution in [0.2, 0.25) is 0 Å². The fourth-order valence-electron chi connectivity index (χ4n) is 2.69. The van der Waals surface area contributed by atoms with Gasteiger partial charge in [0, 0.05) is 21.9 Å². The van der Waals surface area contributed by atoms with Gasteiger partial charge < -0.3 is 0 Å². The quantitative estimate of drug-likeness (QED) is 0.445. The first-order chi connectivity index (χ1) is 11.4. The zero-order valence-electron chi connectivity index (χ0n) is 12.7. The van der Waals surface area contributed by atoms with Gasteiger partial charge in [-0.1, -0.05) is 24.3 Å². The monoisotopic (exact) mass is 368 g/mol. The third kappa shape index (κ3) is 4.24. The van der Waals surface area contributed by atoms with E-state index >= 15 is 0 Å². The summed E-state index contributed by atoms with van der Waals surface area (Å²) in [4.78, 5) is 13.4. The highest BCUT2D eigenvalue weighted by Gasteiger charge is 2.33. The molecule has 0 amide bonds. The third-order valence-corrected chi connectivity index (χ3v) is 6.03. The molecule has 2 aromatic heterocycles. The number of carbonyl (C=O) groups excluding carboxylic acids is 1. The first-order valence-electron chi connectivity index (χ1n) is 7.54. The van der Waals surface area contributed by atoms with Gasteiger partial charge in [-0.3, -0.25) is 4.79 Å². The molecule has 2 heterocycles. The van der Waals surface area contributed by atoms with Gasteiger partial charge in [0.25, 0.3) is 0 Å². The summed E-state index contributed by atoms with van der Waals surface area (Å²) in [6.07, 6.45) is -4.79. The molecule has 3 rings (SSSR count). The van der Waals surface area contributed by atoms with Gasteiger partial charge in [0.05, 0.1) is 11.3 Å². The largest absolute Gasteiger partial charge is 0.389 e. The first-order valence-corrected chi connectivity index (χ1v) is 9.24. The number of benzene rings is 1. The molecule has 0 fully saturated rings. The minimum atomic E-state index is -4.24. The summed E-state index contributed by atoms with van der Waals surface area (Å²) < 4.78 is 39.9. The van der Waals surface area contributed by atoms with Crippen LogP contribution in [0, 0.1) is 0 Å². The van der Waals surface area contributed by atoms with Crippen molar-refractivity contribution in [2.24, 2.45) is 0 Å². The number of rotatable bonds is 6. The summed E-state index contributed by atoms with van der Waals surface area (Å²) in [5.41, 5.74) is 0. The zero-order valence-corrected chi connectivity index (χ0v) is 14.3. The molecule has 0 saturated carbocycles. The SMILES string of the molecule is O=C(CCC(CC(F)(F)F)c1cc2ccccc2s1)c1cccs1. The van der Waals surface area contributed by atoms with Gasteiger partial charge in [0.1, 0.15) is 0 Å². The molecular formula is C18H15F3OS2. The van der Waals surface area contributed by atoms with E-state index in [0.717, 1.165) is 10.1 Å². The topological polar surface area (TPSA) is 17.1 Å². The molecule has 0 bridgehead atoms. The fraction of sp³-hybridized carbons (Fsp3) is 0.278. The molecule has 0 radical (unpaired) electrons. The van der Waals surface area contributed by atoms with Crippen molar-refractivity contribution < 1.29 is 18.0 Å². The Hall–Kier alpha value is -1.66. The maximum absolute atomic E-state index is 13.0. The number of fused-ring (bicyclic) bond motifs is 1. The van der Waals surface area contributed by atoms with Crippen LogP contribution in [0.25, 0.3) is 10.1 Å². The number of thiophene rings is 2. The normalized spacial score (nSPS) is 13.3. The average Bonchev–Trinajstić information content (AvgIpc) is 3.18. The maximum atomic E-state index is 13.0. The summed E-state index contributed by atoms with van der Waals surface area (Å²) in [6.45, 7) is 0. The van der Waals surface area contributed by atoms with Crippen LogP contribution in [-0.4, -0.2) is 12.0 Å². The van der Waals surface area contributed by atoms with Gasteiger partial charge >= 0.3 is 6.18 Å². The zero-order chi connectivity index (χ0) is 17.2. The Balaban J connectivity index is 1.79. The van der Waals surface area contributed by atoms with Crippen LogP contribution < -0.4 is 0 Å². The van der Waals surface area contributed by atoms with Gasteiger partial charge in [-0.25, -0.2) is 0 Å². The fourth-order valence-corrected chi connectivity index (χ4v) is 4.59. The number of halogens is 3. The number of hydrogen-bond acceptors (Lipinski definition) is 3. The number of ketones is 1. The predicted molar refractivity (Wildman–Crippen MR) is 93.1 cm³/mol. The van der Waals surface area contributed by atoms with Crippen molar-refractivity contribution in [2.75, 3.05) is 0 Å². The molecule has 0 aliphatic rings. The molecule has 1 unspecified atom stereocenters. The molecule has 0 spiro atoms. The molecule has 0 aliphatic carbocycles. The molecule has 1 aromatic carbocycles. The van der Waals surface area contributed by atoms with Gasteiger partial charge in [-0.05, 0) is 35.4 Å². The van der Waals surface area contributed by atoms with Crippen molar-refractivity contribution in [3.05, 3.63) is 57.6 Å². The van der Waals surface area contributed by atoms with Crippen LogP contribution in [-0.2, 0) is 0 Å². The molecule has 126 valence electrons. The number of alkyl halides is 3. The van der Waals surface area contributed by atoms with Crippen LogP contribution in [0.15, 0.2) is 47.8 Å². The smallest absolute Gasteiger partial charge is 0.293 e. The second-order valence-corrected chi connectivity index (χ2v) is 7.71. The highest BCUT2D eigenvalue weighted by atomic mass is 32.1. The lowest BCUT2D eigenvalue weighted by Crippen LogP contribution is -2.14. The van der Waals surface area contributed by atoms with E-state index in [1.807, 2.05) is 30.3 Å². The van der Waals surface area contributed by atoms with Crippen molar-refractivity contribution in [3.63, 3.8) is 0 Å². The molecule has 6 heteroatoms. The minimum absolute atomic E-state index is 0.0849. The summed E-state index contributed by atoms with van der Waals surface area (Å²) in [5, 5.41) is 2.75. The first kappa shape index (κ1) is 17.2. The van der Waals surface area contributed by atoms with E-state index < -0.39 is 18.5 Å². The average molecular weight is 368 g/mol. The number of Topliss-reactive ketones (excluding diaryl/α,β-unsaturated/α-hetero) is 1. The molecule has 3 aromatic rings. The van der Waals surface area contributed by atoms with Crippen LogP contribution in [0.5, 0.6) is 0 Å². The van der Waals surface area contributed by atoms with Gasteiger partial charge in [0.2, 0.25) is 0 Å². The summed E-state index contributed by atoms with van der Waals surface area (Å²) >= 11 is 2.71.